The number of pyridine rings is 1. The van der Waals surface area contributed by atoms with Gasteiger partial charge in [-0.3, -0.25) is 0 Å². The van der Waals surface area contributed by atoms with Crippen LogP contribution in [0, 0.1) is 0 Å². The van der Waals surface area contributed by atoms with Gasteiger partial charge in [-0.2, -0.15) is 0 Å². The number of rotatable bonds is 2. The van der Waals surface area contributed by atoms with Gasteiger partial charge in [0.2, 0.25) is 0 Å². The van der Waals surface area contributed by atoms with E-state index in [9.17, 15) is 8.42 Å². The smallest absolute Gasteiger partial charge is 0.224 e. The number of hydrogen-bond acceptors (Lipinski definition) is 3. The van der Waals surface area contributed by atoms with Crippen LogP contribution in [0.1, 0.15) is 0 Å². The Morgan fingerprint density at radius 2 is 1.75 bits per heavy atom. The van der Waals surface area contributed by atoms with E-state index < -0.39 is 10.0 Å². The molecule has 4 nitrogen and oxygen atoms in total. The standard InChI is InChI=1S/C13H8BrClN2O2S/c14-12-6-1-9-7-8-17(13(9)16-12)20(18,19)11-4-2-10(15)3-5-11/h1-8H. The third-order valence-electron chi connectivity index (χ3n) is 2.84. The summed E-state index contributed by atoms with van der Waals surface area (Å²) in [4.78, 5) is 4.39. The highest BCUT2D eigenvalue weighted by Gasteiger charge is 2.19. The summed E-state index contributed by atoms with van der Waals surface area (Å²) in [6.07, 6.45) is 1.49. The monoisotopic (exact) mass is 370 g/mol. The first-order valence-corrected chi connectivity index (χ1v) is 8.24. The van der Waals surface area contributed by atoms with Crippen LogP contribution in [-0.4, -0.2) is 17.4 Å². The Hall–Kier alpha value is -1.37. The molecule has 0 unspecified atom stereocenters. The highest BCUT2D eigenvalue weighted by molar-refractivity contribution is 9.10. The van der Waals surface area contributed by atoms with Crippen molar-refractivity contribution in [2.75, 3.05) is 0 Å². The van der Waals surface area contributed by atoms with Gasteiger partial charge in [0.05, 0.1) is 4.90 Å². The summed E-state index contributed by atoms with van der Waals surface area (Å²) in [5.41, 5.74) is 0.384. The van der Waals surface area contributed by atoms with Gasteiger partial charge < -0.3 is 0 Å². The summed E-state index contributed by atoms with van der Waals surface area (Å²) in [7, 11) is -3.68. The van der Waals surface area contributed by atoms with E-state index in [-0.39, 0.29) is 4.90 Å². The maximum absolute atomic E-state index is 12.6. The molecule has 2 aromatic heterocycles. The van der Waals surface area contributed by atoms with Gasteiger partial charge in [-0.25, -0.2) is 17.4 Å². The predicted octanol–water partition coefficient (Wildman–Crippen LogP) is 3.69. The van der Waals surface area contributed by atoms with Gasteiger partial charge in [-0.05, 0) is 58.4 Å². The zero-order valence-electron chi connectivity index (χ0n) is 9.99. The Balaban J connectivity index is 2.23. The molecular weight excluding hydrogens is 364 g/mol. The fraction of sp³-hybridized carbons (Fsp3) is 0. The van der Waals surface area contributed by atoms with Crippen LogP contribution < -0.4 is 0 Å². The molecule has 20 heavy (non-hydrogen) atoms. The number of hydrogen-bond donors (Lipinski definition) is 0. The molecule has 1 aromatic carbocycles. The van der Waals surface area contributed by atoms with Gasteiger partial charge >= 0.3 is 0 Å². The van der Waals surface area contributed by atoms with E-state index in [1.54, 1.807) is 30.3 Å². The summed E-state index contributed by atoms with van der Waals surface area (Å²) >= 11 is 9.03. The lowest BCUT2D eigenvalue weighted by atomic mass is 10.3. The van der Waals surface area contributed by atoms with Crippen molar-refractivity contribution in [1.29, 1.82) is 0 Å². The van der Waals surface area contributed by atoms with Crippen molar-refractivity contribution in [3.8, 4) is 0 Å². The molecule has 0 saturated heterocycles. The quantitative estimate of drug-likeness (QED) is 0.646. The maximum Gasteiger partial charge on any atom is 0.269 e. The van der Waals surface area contributed by atoms with Crippen LogP contribution in [0.5, 0.6) is 0 Å². The second-order valence-corrected chi connectivity index (χ2v) is 7.18. The molecule has 0 amide bonds. The lowest BCUT2D eigenvalue weighted by Crippen LogP contribution is -2.12. The van der Waals surface area contributed by atoms with Crippen LogP contribution in [-0.2, 0) is 10.0 Å². The second kappa shape index (κ2) is 4.87. The zero-order chi connectivity index (χ0) is 14.3. The normalized spacial score (nSPS) is 11.9. The lowest BCUT2D eigenvalue weighted by Gasteiger charge is -2.07. The minimum Gasteiger partial charge on any atom is -0.224 e. The molecule has 2 heterocycles. The van der Waals surface area contributed by atoms with Crippen LogP contribution in [0.15, 0.2) is 58.2 Å². The summed E-state index contributed by atoms with van der Waals surface area (Å²) in [6.45, 7) is 0. The molecule has 0 atom stereocenters. The van der Waals surface area contributed by atoms with Crippen molar-refractivity contribution < 1.29 is 8.42 Å². The van der Waals surface area contributed by atoms with Crippen LogP contribution in [0.3, 0.4) is 0 Å². The van der Waals surface area contributed by atoms with Crippen molar-refractivity contribution in [2.45, 2.75) is 4.90 Å². The van der Waals surface area contributed by atoms with Crippen molar-refractivity contribution >= 4 is 48.6 Å². The van der Waals surface area contributed by atoms with Crippen molar-refractivity contribution in [2.24, 2.45) is 0 Å². The summed E-state index contributed by atoms with van der Waals surface area (Å²) in [5.74, 6) is 0. The van der Waals surface area contributed by atoms with Gasteiger partial charge in [-0.15, -0.1) is 0 Å². The number of halogens is 2. The minimum atomic E-state index is -3.68. The molecule has 0 bridgehead atoms. The fourth-order valence-corrected chi connectivity index (χ4v) is 3.60. The molecule has 102 valence electrons. The molecule has 0 aliphatic carbocycles. The topological polar surface area (TPSA) is 52.0 Å². The van der Waals surface area contributed by atoms with E-state index in [1.807, 2.05) is 0 Å². The SMILES string of the molecule is O=S(=O)(c1ccc(Cl)cc1)n1ccc2ccc(Br)nc21. The number of fused-ring (bicyclic) bond motifs is 1. The van der Waals surface area contributed by atoms with E-state index in [4.69, 9.17) is 11.6 Å². The average molecular weight is 372 g/mol. The molecule has 7 heteroatoms. The molecule has 0 spiro atoms. The second-order valence-electron chi connectivity index (χ2n) is 4.12. The largest absolute Gasteiger partial charge is 0.269 e. The molecular formula is C13H8BrClN2O2S. The van der Waals surface area contributed by atoms with Gasteiger partial charge in [0.1, 0.15) is 4.60 Å². The van der Waals surface area contributed by atoms with Gasteiger partial charge in [-0.1, -0.05) is 11.6 Å². The predicted molar refractivity (Wildman–Crippen MR) is 81.5 cm³/mol. The number of aromatic nitrogens is 2. The van der Waals surface area contributed by atoms with Crippen LogP contribution in [0.2, 0.25) is 5.02 Å². The fourth-order valence-electron chi connectivity index (χ4n) is 1.88. The van der Waals surface area contributed by atoms with Crippen molar-refractivity contribution in [1.82, 2.24) is 8.96 Å². The van der Waals surface area contributed by atoms with Gasteiger partial charge in [0, 0.05) is 16.6 Å². The molecule has 0 aliphatic rings. The summed E-state index contributed by atoms with van der Waals surface area (Å²) < 4.78 is 26.9. The van der Waals surface area contributed by atoms with Gasteiger partial charge in [0.25, 0.3) is 10.0 Å². The van der Waals surface area contributed by atoms with E-state index in [2.05, 4.69) is 20.9 Å². The third kappa shape index (κ3) is 2.24. The summed E-state index contributed by atoms with van der Waals surface area (Å²) in [6, 6.07) is 11.3. The van der Waals surface area contributed by atoms with Crippen LogP contribution >= 0.6 is 27.5 Å². The van der Waals surface area contributed by atoms with E-state index in [0.29, 0.717) is 15.3 Å². The average Bonchev–Trinajstić information content (AvgIpc) is 2.82. The Bertz CT molecular complexity index is 888. The molecule has 0 aliphatic heterocycles. The highest BCUT2D eigenvalue weighted by Crippen LogP contribution is 2.23. The van der Waals surface area contributed by atoms with E-state index >= 15 is 0 Å². The lowest BCUT2D eigenvalue weighted by molar-refractivity contribution is 0.589. The Morgan fingerprint density at radius 1 is 1.05 bits per heavy atom. The molecule has 3 rings (SSSR count). The van der Waals surface area contributed by atoms with Crippen LogP contribution in [0.4, 0.5) is 0 Å². The minimum absolute atomic E-state index is 0.168. The molecule has 0 N–H and O–H groups in total. The Kier molecular flexibility index (Phi) is 3.32. The third-order valence-corrected chi connectivity index (χ3v) is 5.21. The highest BCUT2D eigenvalue weighted by atomic mass is 79.9. The number of nitrogens with zero attached hydrogens (tertiary/aromatic N) is 2. The zero-order valence-corrected chi connectivity index (χ0v) is 13.2. The van der Waals surface area contributed by atoms with Crippen molar-refractivity contribution in [3.63, 3.8) is 0 Å². The Labute approximate surface area is 129 Å². The van der Waals surface area contributed by atoms with Crippen molar-refractivity contribution in [3.05, 3.63) is 58.3 Å². The van der Waals surface area contributed by atoms with E-state index in [0.717, 1.165) is 9.36 Å². The first-order valence-electron chi connectivity index (χ1n) is 5.63. The first kappa shape index (κ1) is 13.6. The molecule has 3 aromatic rings. The van der Waals surface area contributed by atoms with E-state index in [1.165, 1.54) is 18.3 Å². The summed E-state index contributed by atoms with van der Waals surface area (Å²) in [5, 5.41) is 1.24. The number of benzene rings is 1. The molecule has 0 fully saturated rings. The van der Waals surface area contributed by atoms with Crippen LogP contribution in [0.25, 0.3) is 11.0 Å². The molecule has 0 radical (unpaired) electrons. The maximum atomic E-state index is 12.6. The Morgan fingerprint density at radius 3 is 2.45 bits per heavy atom. The first-order chi connectivity index (χ1) is 9.48. The molecule has 0 saturated carbocycles. The van der Waals surface area contributed by atoms with Gasteiger partial charge in [0.15, 0.2) is 5.65 Å².